The zero-order valence-corrected chi connectivity index (χ0v) is 23.6. The number of carbonyl (C=O) groups excluding carboxylic acids is 2. The summed E-state index contributed by atoms with van der Waals surface area (Å²) in [6.07, 6.45) is 1.98. The van der Waals surface area contributed by atoms with Crippen molar-refractivity contribution in [3.63, 3.8) is 0 Å². The number of nitrogens with zero attached hydrogens (tertiary/aromatic N) is 2. The van der Waals surface area contributed by atoms with E-state index in [-0.39, 0.29) is 24.6 Å². The molecule has 0 saturated heterocycles. The van der Waals surface area contributed by atoms with E-state index in [0.717, 1.165) is 22.5 Å². The molecule has 3 aromatic carbocycles. The highest BCUT2D eigenvalue weighted by molar-refractivity contribution is 7.92. The van der Waals surface area contributed by atoms with Gasteiger partial charge < -0.3 is 10.2 Å². The van der Waals surface area contributed by atoms with Crippen molar-refractivity contribution in [3.05, 3.63) is 100 Å². The normalized spacial score (nSPS) is 12.0. The first-order valence-corrected chi connectivity index (χ1v) is 14.8. The van der Waals surface area contributed by atoms with Crippen LogP contribution >= 0.6 is 23.2 Å². The van der Waals surface area contributed by atoms with Gasteiger partial charge >= 0.3 is 0 Å². The van der Waals surface area contributed by atoms with E-state index in [1.54, 1.807) is 42.5 Å². The van der Waals surface area contributed by atoms with Gasteiger partial charge in [-0.15, -0.1) is 0 Å². The van der Waals surface area contributed by atoms with E-state index < -0.39 is 28.5 Å². The molecular weight excluding hydrogens is 545 g/mol. The molecule has 7 nitrogen and oxygen atoms in total. The van der Waals surface area contributed by atoms with Crippen molar-refractivity contribution in [2.45, 2.75) is 32.4 Å². The molecule has 0 heterocycles. The van der Waals surface area contributed by atoms with Gasteiger partial charge in [0.25, 0.3) is 0 Å². The minimum absolute atomic E-state index is 0.0166. The lowest BCUT2D eigenvalue weighted by Gasteiger charge is -2.33. The van der Waals surface area contributed by atoms with E-state index in [1.165, 1.54) is 11.0 Å². The number of anilines is 1. The molecule has 0 aliphatic carbocycles. The predicted molar refractivity (Wildman–Crippen MR) is 153 cm³/mol. The van der Waals surface area contributed by atoms with E-state index in [2.05, 4.69) is 5.32 Å². The molecule has 3 rings (SSSR count). The Labute approximate surface area is 234 Å². The van der Waals surface area contributed by atoms with Gasteiger partial charge in [0, 0.05) is 29.6 Å². The third-order valence-corrected chi connectivity index (χ3v) is 7.64. The van der Waals surface area contributed by atoms with E-state index in [9.17, 15) is 18.0 Å². The highest BCUT2D eigenvalue weighted by Crippen LogP contribution is 2.24. The number of nitrogens with one attached hydrogen (secondary N) is 1. The first-order valence-electron chi connectivity index (χ1n) is 12.2. The van der Waals surface area contributed by atoms with Gasteiger partial charge in [0.05, 0.1) is 11.9 Å². The number of carbonyl (C=O) groups is 2. The Hall–Kier alpha value is -3.07. The average Bonchev–Trinajstić information content (AvgIpc) is 2.88. The van der Waals surface area contributed by atoms with Crippen LogP contribution in [-0.4, -0.2) is 50.5 Å². The van der Waals surface area contributed by atoms with Gasteiger partial charge in [-0.3, -0.25) is 13.9 Å². The van der Waals surface area contributed by atoms with Gasteiger partial charge in [-0.05, 0) is 41.8 Å². The Kier molecular flexibility index (Phi) is 10.6. The van der Waals surface area contributed by atoms with Crippen molar-refractivity contribution in [1.29, 1.82) is 0 Å². The van der Waals surface area contributed by atoms with Crippen LogP contribution in [-0.2, 0) is 32.6 Å². The Bertz CT molecular complexity index is 1350. The molecule has 0 fully saturated rings. The van der Waals surface area contributed by atoms with Crippen molar-refractivity contribution in [2.75, 3.05) is 23.7 Å². The summed E-state index contributed by atoms with van der Waals surface area (Å²) >= 11 is 12.5. The summed E-state index contributed by atoms with van der Waals surface area (Å²) in [5.41, 5.74) is 1.74. The van der Waals surface area contributed by atoms with Crippen LogP contribution in [0, 0.1) is 0 Å². The Balaban J connectivity index is 2.05. The summed E-state index contributed by atoms with van der Waals surface area (Å²) in [4.78, 5) is 28.8. The molecule has 0 spiro atoms. The molecule has 1 N–H and O–H groups in total. The van der Waals surface area contributed by atoms with Crippen molar-refractivity contribution < 1.29 is 18.0 Å². The smallest absolute Gasteiger partial charge is 0.244 e. The Morgan fingerprint density at radius 3 is 2.26 bits per heavy atom. The number of benzene rings is 3. The number of amides is 2. The Morgan fingerprint density at radius 1 is 0.947 bits per heavy atom. The molecule has 0 bridgehead atoms. The fourth-order valence-corrected chi connectivity index (χ4v) is 5.20. The minimum atomic E-state index is -3.86. The van der Waals surface area contributed by atoms with Crippen LogP contribution in [0.3, 0.4) is 0 Å². The first-order chi connectivity index (χ1) is 18.1. The maximum atomic E-state index is 13.9. The minimum Gasteiger partial charge on any atom is -0.354 e. The van der Waals surface area contributed by atoms with Crippen molar-refractivity contribution in [2.24, 2.45) is 0 Å². The summed E-state index contributed by atoms with van der Waals surface area (Å²) < 4.78 is 26.5. The van der Waals surface area contributed by atoms with E-state index in [1.807, 2.05) is 37.3 Å². The zero-order valence-electron chi connectivity index (χ0n) is 21.3. The highest BCUT2D eigenvalue weighted by atomic mass is 35.5. The maximum Gasteiger partial charge on any atom is 0.244 e. The van der Waals surface area contributed by atoms with Gasteiger partial charge in [0.2, 0.25) is 21.8 Å². The van der Waals surface area contributed by atoms with E-state index in [4.69, 9.17) is 23.2 Å². The number of rotatable bonds is 12. The lowest BCUT2D eigenvalue weighted by Crippen LogP contribution is -2.53. The summed E-state index contributed by atoms with van der Waals surface area (Å²) in [6, 6.07) is 21.8. The SMILES string of the molecule is CCCNC(=O)[C@H](Cc1ccccc1)N(Cc1ccccc1Cl)C(=O)CN(c1cccc(Cl)c1)S(C)(=O)=O. The van der Waals surface area contributed by atoms with Gasteiger partial charge in [-0.25, -0.2) is 8.42 Å². The molecular formula is C28H31Cl2N3O4S. The molecule has 202 valence electrons. The topological polar surface area (TPSA) is 86.8 Å². The van der Waals surface area contributed by atoms with Gasteiger partial charge in [0.1, 0.15) is 12.6 Å². The maximum absolute atomic E-state index is 13.9. The van der Waals surface area contributed by atoms with Crippen LogP contribution in [0.15, 0.2) is 78.9 Å². The molecule has 0 aliphatic heterocycles. The molecule has 3 aromatic rings. The summed E-state index contributed by atoms with van der Waals surface area (Å²) in [7, 11) is -3.86. The molecule has 10 heteroatoms. The molecule has 0 aliphatic rings. The fourth-order valence-electron chi connectivity index (χ4n) is 3.98. The van der Waals surface area contributed by atoms with Crippen molar-refractivity contribution in [3.8, 4) is 0 Å². The van der Waals surface area contributed by atoms with Crippen molar-refractivity contribution >= 4 is 50.7 Å². The molecule has 38 heavy (non-hydrogen) atoms. The summed E-state index contributed by atoms with van der Waals surface area (Å²) in [6.45, 7) is 1.88. The fraction of sp³-hybridized carbons (Fsp3) is 0.286. The van der Waals surface area contributed by atoms with Crippen LogP contribution in [0.1, 0.15) is 24.5 Å². The largest absolute Gasteiger partial charge is 0.354 e. The summed E-state index contributed by atoms with van der Waals surface area (Å²) in [5.74, 6) is -0.882. The van der Waals surface area contributed by atoms with Crippen LogP contribution in [0.25, 0.3) is 0 Å². The molecule has 0 aromatic heterocycles. The van der Waals surface area contributed by atoms with Crippen LogP contribution < -0.4 is 9.62 Å². The first kappa shape index (κ1) is 29.5. The molecule has 0 unspecified atom stereocenters. The average molecular weight is 577 g/mol. The second kappa shape index (κ2) is 13.6. The van der Waals surface area contributed by atoms with Gasteiger partial charge in [-0.2, -0.15) is 0 Å². The molecule has 0 radical (unpaired) electrons. The second-order valence-corrected chi connectivity index (χ2v) is 11.6. The quantitative estimate of drug-likeness (QED) is 0.332. The molecule has 1 atom stereocenters. The number of sulfonamides is 1. The highest BCUT2D eigenvalue weighted by Gasteiger charge is 2.33. The molecule has 0 saturated carbocycles. The van der Waals surface area contributed by atoms with Gasteiger partial charge in [-0.1, -0.05) is 84.7 Å². The van der Waals surface area contributed by atoms with Crippen LogP contribution in [0.5, 0.6) is 0 Å². The van der Waals surface area contributed by atoms with Crippen LogP contribution in [0.2, 0.25) is 10.0 Å². The number of hydrogen-bond donors (Lipinski definition) is 1. The Morgan fingerprint density at radius 2 is 1.63 bits per heavy atom. The van der Waals surface area contributed by atoms with Crippen molar-refractivity contribution in [1.82, 2.24) is 10.2 Å². The predicted octanol–water partition coefficient (Wildman–Crippen LogP) is 4.93. The zero-order chi connectivity index (χ0) is 27.7. The van der Waals surface area contributed by atoms with E-state index >= 15 is 0 Å². The van der Waals surface area contributed by atoms with Crippen LogP contribution in [0.4, 0.5) is 5.69 Å². The molecule has 2 amide bonds. The second-order valence-electron chi connectivity index (χ2n) is 8.86. The monoisotopic (exact) mass is 575 g/mol. The standard InChI is InChI=1S/C28H31Cl2N3O4S/c1-3-16-31-28(35)26(17-21-10-5-4-6-11-21)32(19-22-12-7-8-15-25(22)30)27(34)20-33(38(2,36)37)24-14-9-13-23(29)18-24/h4-15,18,26H,3,16-17,19-20H2,1-2H3,(H,31,35)/t26-/m0/s1. The third kappa shape index (κ3) is 8.21. The lowest BCUT2D eigenvalue weighted by atomic mass is 10.0. The lowest BCUT2D eigenvalue weighted by molar-refractivity contribution is -0.140. The third-order valence-electron chi connectivity index (χ3n) is 5.89. The summed E-state index contributed by atoms with van der Waals surface area (Å²) in [5, 5.41) is 3.66. The van der Waals surface area contributed by atoms with Gasteiger partial charge in [0.15, 0.2) is 0 Å². The number of hydrogen-bond acceptors (Lipinski definition) is 4. The van der Waals surface area contributed by atoms with E-state index in [0.29, 0.717) is 22.2 Å². The number of halogens is 2.